The fourth-order valence-electron chi connectivity index (χ4n) is 9.03. The highest BCUT2D eigenvalue weighted by molar-refractivity contribution is 6.41. The number of benzene rings is 4. The van der Waals surface area contributed by atoms with E-state index in [1.54, 1.807) is 84.9 Å². The summed E-state index contributed by atoms with van der Waals surface area (Å²) < 4.78 is 9.91. The Bertz CT molecular complexity index is 2420. The number of amides is 4. The molecule has 376 valence electrons. The smallest absolute Gasteiger partial charge is 0.328 e. The molecule has 2 aliphatic carbocycles. The Morgan fingerprint density at radius 3 is 1.23 bits per heavy atom. The Morgan fingerprint density at radius 2 is 0.914 bits per heavy atom. The molecule has 4 aromatic rings. The van der Waals surface area contributed by atoms with Crippen molar-refractivity contribution in [2.45, 2.75) is 89.1 Å². The van der Waals surface area contributed by atoms with E-state index in [4.69, 9.17) is 61.6 Å². The lowest BCUT2D eigenvalue weighted by molar-refractivity contribution is -0.147. The molecule has 6 rings (SSSR count). The zero-order valence-corrected chi connectivity index (χ0v) is 43.0. The van der Waals surface area contributed by atoms with Crippen LogP contribution in [0.25, 0.3) is 0 Å². The van der Waals surface area contributed by atoms with Crippen LogP contribution in [0.1, 0.15) is 96.1 Å². The number of hydrogen-bond acceptors (Lipinski definition) is 10. The molecule has 0 aliphatic heterocycles. The minimum Gasteiger partial charge on any atom is -0.467 e. The first-order chi connectivity index (χ1) is 33.4. The Kier molecular flexibility index (Phi) is 20.9. The average molecular weight is 1040 g/mol. The number of carbonyl (C=O) groups is 6. The second-order valence-corrected chi connectivity index (χ2v) is 19.7. The predicted molar refractivity (Wildman–Crippen MR) is 276 cm³/mol. The van der Waals surface area contributed by atoms with Crippen molar-refractivity contribution < 1.29 is 38.2 Å². The highest BCUT2D eigenvalue weighted by Crippen LogP contribution is 2.42. The van der Waals surface area contributed by atoms with Crippen LogP contribution >= 0.6 is 46.4 Å². The second-order valence-electron chi connectivity index (χ2n) is 18.1. The summed E-state index contributed by atoms with van der Waals surface area (Å²) >= 11 is 24.5. The monoisotopic (exact) mass is 1040 g/mol. The van der Waals surface area contributed by atoms with Crippen molar-refractivity contribution in [2.24, 2.45) is 16.6 Å². The summed E-state index contributed by atoms with van der Waals surface area (Å²) in [7, 11) is 6.60. The highest BCUT2D eigenvalue weighted by atomic mass is 35.5. The van der Waals surface area contributed by atoms with E-state index in [2.05, 4.69) is 26.2 Å². The van der Waals surface area contributed by atoms with E-state index in [1.165, 1.54) is 14.2 Å². The normalized spacial score (nSPS) is 15.4. The lowest BCUT2D eigenvalue weighted by Crippen LogP contribution is -2.49. The third-order valence-electron chi connectivity index (χ3n) is 13.0. The van der Waals surface area contributed by atoms with Crippen molar-refractivity contribution in [3.05, 3.63) is 127 Å². The number of rotatable bonds is 19. The van der Waals surface area contributed by atoms with Gasteiger partial charge in [-0.15, -0.1) is 0 Å². The number of ether oxygens (including phenoxy) is 2. The number of methoxy groups -OCH3 is 2. The first-order valence-electron chi connectivity index (χ1n) is 23.3. The van der Waals surface area contributed by atoms with Crippen LogP contribution in [0.2, 0.25) is 20.1 Å². The van der Waals surface area contributed by atoms with E-state index < -0.39 is 46.7 Å². The first kappa shape index (κ1) is 55.7. The molecule has 0 bridgehead atoms. The summed E-state index contributed by atoms with van der Waals surface area (Å²) in [5.74, 6) is -2.08. The fraction of sp³-hybridized carbons (Fsp3) is 0.423. The molecule has 2 unspecified atom stereocenters. The molecule has 0 aromatic heterocycles. The van der Waals surface area contributed by atoms with Gasteiger partial charge in [0.15, 0.2) is 0 Å². The summed E-state index contributed by atoms with van der Waals surface area (Å²) in [6.45, 7) is 1.23. The average Bonchev–Trinajstić information content (AvgIpc) is 4.03. The van der Waals surface area contributed by atoms with Crippen LogP contribution in [-0.4, -0.2) is 94.0 Å². The Labute approximate surface area is 430 Å². The molecule has 70 heavy (non-hydrogen) atoms. The Balaban J connectivity index is 0.000000261. The van der Waals surface area contributed by atoms with Gasteiger partial charge >= 0.3 is 11.9 Å². The lowest BCUT2D eigenvalue weighted by atomic mass is 9.81. The van der Waals surface area contributed by atoms with Gasteiger partial charge in [0.1, 0.15) is 12.1 Å². The van der Waals surface area contributed by atoms with Crippen molar-refractivity contribution in [2.75, 3.05) is 52.0 Å². The highest BCUT2D eigenvalue weighted by Gasteiger charge is 2.43. The van der Waals surface area contributed by atoms with Gasteiger partial charge in [-0.25, -0.2) is 9.59 Å². The van der Waals surface area contributed by atoms with Gasteiger partial charge in [0.25, 0.3) is 11.8 Å². The summed E-state index contributed by atoms with van der Waals surface area (Å²) in [5, 5.41) is 12.4. The summed E-state index contributed by atoms with van der Waals surface area (Å²) in [4.78, 5) is 78.7. The molecule has 2 fully saturated rings. The van der Waals surface area contributed by atoms with E-state index >= 15 is 0 Å². The third-order valence-corrected chi connectivity index (χ3v) is 14.3. The van der Waals surface area contributed by atoms with Crippen molar-refractivity contribution in [1.82, 2.24) is 15.5 Å². The van der Waals surface area contributed by atoms with Gasteiger partial charge in [0.05, 0.1) is 56.3 Å². The number of halogens is 4. The van der Waals surface area contributed by atoms with Crippen LogP contribution in [0.15, 0.2) is 84.9 Å². The van der Waals surface area contributed by atoms with Gasteiger partial charge < -0.3 is 41.4 Å². The summed E-state index contributed by atoms with van der Waals surface area (Å²) in [6, 6.07) is 22.1. The van der Waals surface area contributed by atoms with Crippen LogP contribution in [0.4, 0.5) is 11.4 Å². The Morgan fingerprint density at radius 1 is 0.571 bits per heavy atom. The third kappa shape index (κ3) is 14.9. The maximum atomic E-state index is 13.4. The summed E-state index contributed by atoms with van der Waals surface area (Å²) in [6.07, 6.45) is 9.03. The number of nitrogens with two attached hydrogens (primary N) is 1. The molecule has 18 heteroatoms. The van der Waals surface area contributed by atoms with E-state index in [0.717, 1.165) is 75.5 Å². The Hall–Kier alpha value is -5.22. The molecule has 2 atom stereocenters. The molecule has 0 radical (unpaired) electrons. The van der Waals surface area contributed by atoms with Crippen LogP contribution in [-0.2, 0) is 41.5 Å². The van der Waals surface area contributed by atoms with Gasteiger partial charge in [-0.1, -0.05) is 108 Å². The topological polar surface area (TPSA) is 198 Å². The quantitative estimate of drug-likeness (QED) is 0.0565. The number of nitrogens with one attached hydrogen (secondary N) is 4. The van der Waals surface area contributed by atoms with Gasteiger partial charge in [-0.05, 0) is 125 Å². The number of esters is 2. The van der Waals surface area contributed by atoms with Crippen LogP contribution in [0.5, 0.6) is 0 Å². The van der Waals surface area contributed by atoms with E-state index in [0.29, 0.717) is 24.3 Å². The van der Waals surface area contributed by atoms with E-state index in [1.807, 2.05) is 14.1 Å². The molecule has 2 aliphatic rings. The molecular weight excluding hydrogens is 978 g/mol. The maximum Gasteiger partial charge on any atom is 0.328 e. The molecule has 4 amide bonds. The first-order valence-corrected chi connectivity index (χ1v) is 24.8. The predicted octanol–water partition coefficient (Wildman–Crippen LogP) is 9.31. The number of carbonyl (C=O) groups excluding carboxylic acids is 6. The second kappa shape index (κ2) is 26.3. The molecule has 0 spiro atoms. The number of anilines is 2. The van der Waals surface area contributed by atoms with Crippen molar-refractivity contribution in [3.63, 3.8) is 0 Å². The molecule has 6 N–H and O–H groups in total. The number of nitrogens with zero attached hydrogens (tertiary/aromatic N) is 1. The SMILES string of the molecule is COC(=O)C(Cc1ccc(NC(=O)c2c(Cl)cccc2Cl)cc1)NC(=O)C1(CCN(C)C)CCCC1.COC(=O)C(Cc1ccc(NC(=O)c2c(Cl)cccc2Cl)cc1)NC(=O)C1(CCN)CCCC1. The van der Waals surface area contributed by atoms with E-state index in [9.17, 15) is 28.8 Å². The number of hydrogen-bond donors (Lipinski definition) is 5. The van der Waals surface area contributed by atoms with Gasteiger partial charge in [-0.3, -0.25) is 19.2 Å². The zero-order chi connectivity index (χ0) is 51.0. The standard InChI is InChI=1S/C27H33Cl2N3O4.C25H29Cl2N3O4/c1-32(2)16-15-27(13-4-5-14-27)26(35)31-22(25(34)36-3)17-18-9-11-19(12-10-18)30-24(33)23-20(28)7-6-8-21(23)29;1-34-23(32)20(30-24(33)25(13-14-28)11-2-3-12-25)15-16-7-9-17(10-8-16)29-22(31)21-18(26)5-4-6-19(21)27/h6-12,22H,4-5,13-17H2,1-3H3,(H,30,33)(H,31,35);4-10,20H,2-3,11-15,28H2,1H3,(H,29,31)(H,30,33). The van der Waals surface area contributed by atoms with Crippen molar-refractivity contribution in [1.29, 1.82) is 0 Å². The van der Waals surface area contributed by atoms with Crippen LogP contribution in [0.3, 0.4) is 0 Å². The van der Waals surface area contributed by atoms with Gasteiger partial charge in [-0.2, -0.15) is 0 Å². The lowest BCUT2D eigenvalue weighted by Gasteiger charge is -2.31. The minimum absolute atomic E-state index is 0.0854. The molecular formula is C52H62Cl4N6O8. The zero-order valence-electron chi connectivity index (χ0n) is 39.9. The molecule has 0 saturated heterocycles. The summed E-state index contributed by atoms with van der Waals surface area (Å²) in [5.41, 5.74) is 7.88. The maximum absolute atomic E-state index is 13.4. The molecule has 4 aromatic carbocycles. The molecule has 2 saturated carbocycles. The fourth-order valence-corrected chi connectivity index (χ4v) is 10.2. The van der Waals surface area contributed by atoms with Gasteiger partial charge in [0.2, 0.25) is 11.8 Å². The van der Waals surface area contributed by atoms with Gasteiger partial charge in [0, 0.05) is 24.2 Å². The van der Waals surface area contributed by atoms with Crippen LogP contribution < -0.4 is 27.0 Å². The van der Waals surface area contributed by atoms with Crippen molar-refractivity contribution in [3.8, 4) is 0 Å². The van der Waals surface area contributed by atoms with Crippen LogP contribution in [0, 0.1) is 10.8 Å². The largest absolute Gasteiger partial charge is 0.467 e. The molecule has 0 heterocycles. The molecule has 14 nitrogen and oxygen atoms in total. The minimum atomic E-state index is -0.824. The van der Waals surface area contributed by atoms with E-state index in [-0.39, 0.29) is 55.9 Å². The van der Waals surface area contributed by atoms with Crippen molar-refractivity contribution >= 4 is 93.3 Å².